The third kappa shape index (κ3) is 2.24. The fourth-order valence-corrected chi connectivity index (χ4v) is 2.19. The number of hydrogen-bond donors (Lipinski definition) is 1. The van der Waals surface area contributed by atoms with Gasteiger partial charge in [0.25, 0.3) is 0 Å². The van der Waals surface area contributed by atoms with Crippen molar-refractivity contribution in [2.75, 3.05) is 12.4 Å². The topological polar surface area (TPSA) is 42.7 Å². The van der Waals surface area contributed by atoms with Crippen molar-refractivity contribution in [3.63, 3.8) is 0 Å². The van der Waals surface area contributed by atoms with Crippen LogP contribution in [0.25, 0.3) is 0 Å². The average Bonchev–Trinajstić information content (AvgIpc) is 2.76. The van der Waals surface area contributed by atoms with E-state index >= 15 is 0 Å². The van der Waals surface area contributed by atoms with Crippen LogP contribution in [0.2, 0.25) is 0 Å². The molecular formula is C8H9IN4S. The lowest BCUT2D eigenvalue weighted by Crippen LogP contribution is -2.00. The molecule has 0 unspecified atom stereocenters. The van der Waals surface area contributed by atoms with E-state index in [0.29, 0.717) is 0 Å². The largest absolute Gasteiger partial charge is 0.365 e. The fourth-order valence-electron chi connectivity index (χ4n) is 1.09. The van der Waals surface area contributed by atoms with E-state index in [0.717, 1.165) is 20.9 Å². The van der Waals surface area contributed by atoms with Gasteiger partial charge in [0.15, 0.2) is 5.13 Å². The molecule has 2 heterocycles. The molecule has 4 nitrogen and oxygen atoms in total. The summed E-state index contributed by atoms with van der Waals surface area (Å²) in [6.07, 6.45) is 3.84. The minimum atomic E-state index is 0.737. The lowest BCUT2D eigenvalue weighted by molar-refractivity contribution is 0.676. The summed E-state index contributed by atoms with van der Waals surface area (Å²) < 4.78 is 3.03. The Labute approximate surface area is 99.5 Å². The van der Waals surface area contributed by atoms with Gasteiger partial charge in [0, 0.05) is 18.6 Å². The molecule has 1 N–H and O–H groups in total. The van der Waals surface area contributed by atoms with Gasteiger partial charge in [0.2, 0.25) is 0 Å². The van der Waals surface area contributed by atoms with Crippen LogP contribution in [0.15, 0.2) is 17.8 Å². The standard InChI is InChI=1S/C8H9IN4S/c1-10-8-12-7(5-14-8)4-13-3-6(9)2-11-13/h2-3,5H,4H2,1H3,(H,10,12). The van der Waals surface area contributed by atoms with Crippen molar-refractivity contribution in [3.05, 3.63) is 27.0 Å². The van der Waals surface area contributed by atoms with E-state index in [1.165, 1.54) is 0 Å². The first-order valence-electron chi connectivity index (χ1n) is 4.08. The van der Waals surface area contributed by atoms with Crippen LogP contribution in [-0.4, -0.2) is 21.8 Å². The van der Waals surface area contributed by atoms with Crippen LogP contribution in [0.4, 0.5) is 5.13 Å². The normalized spacial score (nSPS) is 10.4. The maximum atomic E-state index is 4.38. The molecule has 0 aliphatic carbocycles. The Kier molecular flexibility index (Phi) is 3.02. The van der Waals surface area contributed by atoms with Crippen LogP contribution in [0.3, 0.4) is 0 Å². The predicted octanol–water partition coefficient (Wildman–Crippen LogP) is 2.03. The highest BCUT2D eigenvalue weighted by Crippen LogP contribution is 2.15. The van der Waals surface area contributed by atoms with Gasteiger partial charge in [-0.2, -0.15) is 5.10 Å². The van der Waals surface area contributed by atoms with Gasteiger partial charge in [0.05, 0.1) is 22.0 Å². The maximum absolute atomic E-state index is 4.38. The zero-order chi connectivity index (χ0) is 9.97. The van der Waals surface area contributed by atoms with Gasteiger partial charge in [-0.05, 0) is 22.6 Å². The van der Waals surface area contributed by atoms with E-state index in [-0.39, 0.29) is 0 Å². The summed E-state index contributed by atoms with van der Waals surface area (Å²) in [5.41, 5.74) is 1.04. The summed E-state index contributed by atoms with van der Waals surface area (Å²) in [4.78, 5) is 4.38. The maximum Gasteiger partial charge on any atom is 0.182 e. The van der Waals surface area contributed by atoms with Crippen molar-refractivity contribution in [2.45, 2.75) is 6.54 Å². The van der Waals surface area contributed by atoms with Crippen molar-refractivity contribution in [1.82, 2.24) is 14.8 Å². The number of anilines is 1. The zero-order valence-corrected chi connectivity index (χ0v) is 10.5. The second-order valence-electron chi connectivity index (χ2n) is 2.75. The summed E-state index contributed by atoms with van der Waals surface area (Å²) in [6, 6.07) is 0. The van der Waals surface area contributed by atoms with Gasteiger partial charge in [-0.25, -0.2) is 4.98 Å². The molecule has 2 aromatic heterocycles. The molecule has 74 valence electrons. The number of thiazole rings is 1. The van der Waals surface area contributed by atoms with Crippen LogP contribution >= 0.6 is 33.9 Å². The third-order valence-electron chi connectivity index (χ3n) is 1.69. The summed E-state index contributed by atoms with van der Waals surface area (Å²) >= 11 is 3.85. The molecule has 0 radical (unpaired) electrons. The number of hydrogen-bond acceptors (Lipinski definition) is 4. The molecule has 0 aromatic carbocycles. The first kappa shape index (κ1) is 9.91. The Morgan fingerprint density at radius 1 is 1.64 bits per heavy atom. The number of nitrogens with zero attached hydrogens (tertiary/aromatic N) is 3. The Hall–Kier alpha value is -0.630. The van der Waals surface area contributed by atoms with Gasteiger partial charge in [-0.3, -0.25) is 4.68 Å². The van der Waals surface area contributed by atoms with Crippen LogP contribution in [0.1, 0.15) is 5.69 Å². The highest BCUT2D eigenvalue weighted by atomic mass is 127. The first-order chi connectivity index (χ1) is 6.78. The second kappa shape index (κ2) is 4.26. The molecule has 2 rings (SSSR count). The molecule has 2 aromatic rings. The lowest BCUT2D eigenvalue weighted by Gasteiger charge is -1.96. The predicted molar refractivity (Wildman–Crippen MR) is 65.7 cm³/mol. The zero-order valence-electron chi connectivity index (χ0n) is 7.57. The fraction of sp³-hybridized carbons (Fsp3) is 0.250. The summed E-state index contributed by atoms with van der Waals surface area (Å²) in [5.74, 6) is 0. The molecule has 0 fully saturated rings. The molecule has 0 saturated carbocycles. The monoisotopic (exact) mass is 320 g/mol. The van der Waals surface area contributed by atoms with Crippen molar-refractivity contribution in [2.24, 2.45) is 0 Å². The second-order valence-corrected chi connectivity index (χ2v) is 4.85. The van der Waals surface area contributed by atoms with Crippen molar-refractivity contribution >= 4 is 39.1 Å². The van der Waals surface area contributed by atoms with Gasteiger partial charge >= 0.3 is 0 Å². The molecule has 0 amide bonds. The van der Waals surface area contributed by atoms with Crippen LogP contribution in [0.5, 0.6) is 0 Å². The molecule has 0 atom stereocenters. The number of aromatic nitrogens is 3. The van der Waals surface area contributed by atoms with E-state index in [1.54, 1.807) is 11.3 Å². The average molecular weight is 320 g/mol. The smallest absolute Gasteiger partial charge is 0.182 e. The molecule has 0 saturated heterocycles. The molecule has 0 aliphatic rings. The molecule has 0 bridgehead atoms. The minimum absolute atomic E-state index is 0.737. The lowest BCUT2D eigenvalue weighted by atomic mass is 10.5. The Morgan fingerprint density at radius 3 is 3.07 bits per heavy atom. The number of halogens is 1. The molecule has 6 heteroatoms. The van der Waals surface area contributed by atoms with Crippen molar-refractivity contribution < 1.29 is 0 Å². The Balaban J connectivity index is 2.10. The molecular weight excluding hydrogens is 311 g/mol. The Morgan fingerprint density at radius 2 is 2.50 bits per heavy atom. The quantitative estimate of drug-likeness (QED) is 0.880. The Bertz CT molecular complexity index is 422. The van der Waals surface area contributed by atoms with Gasteiger partial charge in [0.1, 0.15) is 0 Å². The summed E-state index contributed by atoms with van der Waals surface area (Å²) in [7, 11) is 1.87. The van der Waals surface area contributed by atoms with Crippen LogP contribution < -0.4 is 5.32 Å². The molecule has 14 heavy (non-hydrogen) atoms. The highest BCUT2D eigenvalue weighted by molar-refractivity contribution is 14.1. The highest BCUT2D eigenvalue weighted by Gasteiger charge is 2.01. The SMILES string of the molecule is CNc1nc(Cn2cc(I)cn2)cs1. The van der Waals surface area contributed by atoms with E-state index < -0.39 is 0 Å². The minimum Gasteiger partial charge on any atom is -0.365 e. The first-order valence-corrected chi connectivity index (χ1v) is 6.04. The summed E-state index contributed by atoms with van der Waals surface area (Å²) in [5, 5.41) is 10.2. The van der Waals surface area contributed by atoms with Gasteiger partial charge in [-0.1, -0.05) is 0 Å². The van der Waals surface area contributed by atoms with Crippen molar-refractivity contribution in [3.8, 4) is 0 Å². The third-order valence-corrected chi connectivity index (χ3v) is 3.16. The van der Waals surface area contributed by atoms with E-state index in [4.69, 9.17) is 0 Å². The number of rotatable bonds is 3. The van der Waals surface area contributed by atoms with E-state index in [9.17, 15) is 0 Å². The van der Waals surface area contributed by atoms with Gasteiger partial charge < -0.3 is 5.32 Å². The molecule has 0 aliphatic heterocycles. The number of nitrogens with one attached hydrogen (secondary N) is 1. The van der Waals surface area contributed by atoms with Crippen LogP contribution in [0, 0.1) is 3.57 Å². The molecule has 0 spiro atoms. The van der Waals surface area contributed by atoms with Crippen LogP contribution in [-0.2, 0) is 6.54 Å². The summed E-state index contributed by atoms with van der Waals surface area (Å²) in [6.45, 7) is 0.737. The van der Waals surface area contributed by atoms with Crippen molar-refractivity contribution in [1.29, 1.82) is 0 Å². The van der Waals surface area contributed by atoms with E-state index in [2.05, 4.69) is 38.0 Å². The van der Waals surface area contributed by atoms with Gasteiger partial charge in [-0.15, -0.1) is 11.3 Å². The van der Waals surface area contributed by atoms with E-state index in [1.807, 2.05) is 29.5 Å².